The van der Waals surface area contributed by atoms with Crippen LogP contribution in [-0.4, -0.2) is 28.3 Å². The number of hydrogen-bond acceptors (Lipinski definition) is 6. The fraction of sp³-hybridized carbons (Fsp3) is 0.353. The van der Waals surface area contributed by atoms with Crippen LogP contribution in [0.25, 0.3) is 11.0 Å². The van der Waals surface area contributed by atoms with Gasteiger partial charge >= 0.3 is 0 Å². The van der Waals surface area contributed by atoms with Gasteiger partial charge in [0.25, 0.3) is 5.56 Å². The van der Waals surface area contributed by atoms with Crippen molar-refractivity contribution in [3.05, 3.63) is 45.0 Å². The number of rotatable bonds is 6. The number of nitrogens with zero attached hydrogens (tertiary/aromatic N) is 3. The van der Waals surface area contributed by atoms with Crippen LogP contribution in [-0.2, 0) is 0 Å². The molecule has 126 valence electrons. The number of aromatic nitrogens is 3. The van der Waals surface area contributed by atoms with Crippen molar-refractivity contribution >= 4 is 22.4 Å². The van der Waals surface area contributed by atoms with E-state index in [0.29, 0.717) is 33.5 Å². The summed E-state index contributed by atoms with van der Waals surface area (Å²) >= 11 is 1.31. The molecule has 3 rings (SSSR count). The summed E-state index contributed by atoms with van der Waals surface area (Å²) in [5.74, 6) is 1.95. The van der Waals surface area contributed by atoms with Crippen LogP contribution < -0.4 is 19.6 Å². The van der Waals surface area contributed by atoms with Crippen LogP contribution in [0.4, 0.5) is 0 Å². The normalized spacial score (nSPS) is 12.2. The van der Waals surface area contributed by atoms with E-state index in [4.69, 9.17) is 9.47 Å². The third-order valence-electron chi connectivity index (χ3n) is 3.56. The predicted molar refractivity (Wildman–Crippen MR) is 93.9 cm³/mol. The Morgan fingerprint density at radius 1 is 1.33 bits per heavy atom. The summed E-state index contributed by atoms with van der Waals surface area (Å²) in [7, 11) is 1.61. The van der Waals surface area contributed by atoms with Gasteiger partial charge in [-0.2, -0.15) is 9.61 Å². The lowest BCUT2D eigenvalue weighted by Gasteiger charge is -2.12. The number of methoxy groups -OCH3 is 1. The Balaban J connectivity index is 1.89. The van der Waals surface area contributed by atoms with Crippen molar-refractivity contribution in [2.24, 2.45) is 5.92 Å². The second-order valence-corrected chi connectivity index (χ2v) is 6.82. The van der Waals surface area contributed by atoms with Crippen molar-refractivity contribution in [1.82, 2.24) is 14.6 Å². The Morgan fingerprint density at radius 3 is 2.88 bits per heavy atom. The van der Waals surface area contributed by atoms with E-state index in [1.807, 2.05) is 24.3 Å². The van der Waals surface area contributed by atoms with E-state index in [-0.39, 0.29) is 5.56 Å². The predicted octanol–water partition coefficient (Wildman–Crippen LogP) is 2.13. The fourth-order valence-electron chi connectivity index (χ4n) is 2.23. The fourth-order valence-corrected chi connectivity index (χ4v) is 3.11. The highest BCUT2D eigenvalue weighted by Crippen LogP contribution is 2.28. The molecule has 7 heteroatoms. The van der Waals surface area contributed by atoms with Gasteiger partial charge in [0.15, 0.2) is 11.5 Å². The molecule has 1 aromatic carbocycles. The molecule has 6 nitrogen and oxygen atoms in total. The highest BCUT2D eigenvalue weighted by molar-refractivity contribution is 7.15. The zero-order valence-electron chi connectivity index (χ0n) is 13.9. The minimum Gasteiger partial charge on any atom is -0.493 e. The Labute approximate surface area is 143 Å². The van der Waals surface area contributed by atoms with Crippen molar-refractivity contribution in [2.75, 3.05) is 13.7 Å². The van der Waals surface area contributed by atoms with E-state index in [9.17, 15) is 4.79 Å². The standard InChI is InChI=1S/C17H19N3O3S/c1-11(2)6-7-23-13-5-4-12(8-14(13)22-3)9-15-16(21)20-17(24-15)18-10-19-20/h4-5,8-11H,6-7H2,1-3H3/b15-9+. The topological polar surface area (TPSA) is 65.7 Å². The zero-order valence-corrected chi connectivity index (χ0v) is 14.7. The first-order chi connectivity index (χ1) is 11.6. The third-order valence-corrected chi connectivity index (χ3v) is 4.53. The number of ether oxygens (including phenoxy) is 2. The first-order valence-corrected chi connectivity index (χ1v) is 8.55. The van der Waals surface area contributed by atoms with Crippen LogP contribution in [0, 0.1) is 5.92 Å². The summed E-state index contributed by atoms with van der Waals surface area (Å²) in [6, 6.07) is 5.63. The van der Waals surface area contributed by atoms with Gasteiger partial charge in [-0.3, -0.25) is 4.79 Å². The van der Waals surface area contributed by atoms with Gasteiger partial charge in [-0.05, 0) is 36.1 Å². The third kappa shape index (κ3) is 3.41. The minimum absolute atomic E-state index is 0.163. The number of thiazole rings is 1. The smallest absolute Gasteiger partial charge is 0.291 e. The largest absolute Gasteiger partial charge is 0.493 e. The van der Waals surface area contributed by atoms with Crippen molar-refractivity contribution < 1.29 is 9.47 Å². The van der Waals surface area contributed by atoms with E-state index in [1.54, 1.807) is 7.11 Å². The molecule has 0 spiro atoms. The molecule has 0 bridgehead atoms. The molecule has 0 atom stereocenters. The van der Waals surface area contributed by atoms with E-state index in [2.05, 4.69) is 23.9 Å². The highest BCUT2D eigenvalue weighted by atomic mass is 32.1. The Hall–Kier alpha value is -2.41. The first kappa shape index (κ1) is 16.4. The average Bonchev–Trinajstić information content (AvgIpc) is 3.12. The number of hydrogen-bond donors (Lipinski definition) is 0. The van der Waals surface area contributed by atoms with Crippen LogP contribution in [0.15, 0.2) is 29.3 Å². The van der Waals surface area contributed by atoms with Gasteiger partial charge in [0.05, 0.1) is 18.2 Å². The van der Waals surface area contributed by atoms with Crippen LogP contribution in [0.5, 0.6) is 11.5 Å². The van der Waals surface area contributed by atoms with Crippen LogP contribution in [0.1, 0.15) is 25.8 Å². The van der Waals surface area contributed by atoms with E-state index in [0.717, 1.165) is 12.0 Å². The molecule has 3 aromatic rings. The summed E-state index contributed by atoms with van der Waals surface area (Å²) in [6.07, 6.45) is 4.17. The van der Waals surface area contributed by atoms with Gasteiger partial charge in [-0.15, -0.1) is 0 Å². The van der Waals surface area contributed by atoms with Crippen LogP contribution >= 0.6 is 11.3 Å². The van der Waals surface area contributed by atoms with Crippen molar-refractivity contribution in [1.29, 1.82) is 0 Å². The molecule has 0 fully saturated rings. The van der Waals surface area contributed by atoms with Crippen LogP contribution in [0.2, 0.25) is 0 Å². The molecule has 2 heterocycles. The minimum atomic E-state index is -0.163. The van der Waals surface area contributed by atoms with Gasteiger partial charge in [0, 0.05) is 0 Å². The first-order valence-electron chi connectivity index (χ1n) is 7.73. The average molecular weight is 345 g/mol. The second-order valence-electron chi connectivity index (χ2n) is 5.81. The van der Waals surface area contributed by atoms with Crippen molar-refractivity contribution in [2.45, 2.75) is 20.3 Å². The maximum absolute atomic E-state index is 12.2. The molecule has 0 aliphatic rings. The lowest BCUT2D eigenvalue weighted by molar-refractivity contribution is 0.273. The summed E-state index contributed by atoms with van der Waals surface area (Å²) in [4.78, 5) is 16.8. The monoisotopic (exact) mass is 345 g/mol. The van der Waals surface area contributed by atoms with Gasteiger partial charge in [0.2, 0.25) is 4.96 Å². The maximum atomic E-state index is 12.2. The molecular weight excluding hydrogens is 326 g/mol. The second kappa shape index (κ2) is 7.00. The molecule has 0 radical (unpaired) electrons. The SMILES string of the molecule is COc1cc(/C=c2/sc3ncnn3c2=O)ccc1OCCC(C)C. The Kier molecular flexibility index (Phi) is 4.80. The lowest BCUT2D eigenvalue weighted by Crippen LogP contribution is -2.23. The van der Waals surface area contributed by atoms with Crippen molar-refractivity contribution in [3.8, 4) is 11.5 Å². The molecule has 24 heavy (non-hydrogen) atoms. The summed E-state index contributed by atoms with van der Waals surface area (Å²) in [5.41, 5.74) is 0.702. The molecule has 0 amide bonds. The quantitative estimate of drug-likeness (QED) is 0.685. The summed E-state index contributed by atoms with van der Waals surface area (Å²) in [5, 5.41) is 3.92. The van der Waals surface area contributed by atoms with Gasteiger partial charge < -0.3 is 9.47 Å². The zero-order chi connectivity index (χ0) is 17.1. The van der Waals surface area contributed by atoms with Crippen LogP contribution in [0.3, 0.4) is 0 Å². The number of fused-ring (bicyclic) bond motifs is 1. The molecule has 0 aliphatic carbocycles. The molecule has 0 saturated carbocycles. The lowest BCUT2D eigenvalue weighted by atomic mass is 10.1. The Morgan fingerprint density at radius 2 is 2.17 bits per heavy atom. The summed E-state index contributed by atoms with van der Waals surface area (Å²) in [6.45, 7) is 4.97. The molecular formula is C17H19N3O3S. The van der Waals surface area contributed by atoms with E-state index >= 15 is 0 Å². The molecule has 2 aromatic heterocycles. The highest BCUT2D eigenvalue weighted by Gasteiger charge is 2.08. The number of benzene rings is 1. The van der Waals surface area contributed by atoms with Gasteiger partial charge in [-0.25, -0.2) is 4.98 Å². The molecule has 0 N–H and O–H groups in total. The molecule has 0 saturated heterocycles. The van der Waals surface area contributed by atoms with Gasteiger partial charge in [-0.1, -0.05) is 31.3 Å². The molecule has 0 unspecified atom stereocenters. The Bertz CT molecular complexity index is 946. The van der Waals surface area contributed by atoms with Gasteiger partial charge in [0.1, 0.15) is 6.33 Å². The maximum Gasteiger partial charge on any atom is 0.291 e. The summed E-state index contributed by atoms with van der Waals surface area (Å²) < 4.78 is 13.1. The van der Waals surface area contributed by atoms with E-state index in [1.165, 1.54) is 22.2 Å². The molecule has 0 aliphatic heterocycles. The van der Waals surface area contributed by atoms with E-state index < -0.39 is 0 Å². The van der Waals surface area contributed by atoms with Crippen molar-refractivity contribution in [3.63, 3.8) is 0 Å².